The van der Waals surface area contributed by atoms with E-state index in [0.29, 0.717) is 0 Å². The van der Waals surface area contributed by atoms with Gasteiger partial charge in [0.05, 0.1) is 12.7 Å². The van der Waals surface area contributed by atoms with Crippen molar-refractivity contribution in [3.8, 4) is 0 Å². The highest BCUT2D eigenvalue weighted by atomic mass is 16.5. The van der Waals surface area contributed by atoms with E-state index in [2.05, 4.69) is 11.9 Å². The van der Waals surface area contributed by atoms with E-state index in [9.17, 15) is 4.79 Å². The van der Waals surface area contributed by atoms with Crippen LogP contribution in [-0.4, -0.2) is 72.9 Å². The highest BCUT2D eigenvalue weighted by molar-refractivity contribution is 5.73. The molecule has 16 heavy (non-hydrogen) atoms. The Morgan fingerprint density at radius 2 is 2.31 bits per heavy atom. The van der Waals surface area contributed by atoms with Crippen molar-refractivity contribution in [3.05, 3.63) is 0 Å². The zero-order chi connectivity index (χ0) is 11.5. The van der Waals surface area contributed by atoms with Crippen LogP contribution in [0.1, 0.15) is 12.8 Å². The lowest BCUT2D eigenvalue weighted by molar-refractivity contribution is -0.143. The Balaban J connectivity index is 1.86. The minimum atomic E-state index is -0.693. The van der Waals surface area contributed by atoms with E-state index in [1.54, 1.807) is 0 Å². The number of nitrogens with zero attached hydrogens (tertiary/aromatic N) is 2. The topological polar surface area (TPSA) is 53.0 Å². The SMILES string of the molecule is CN1CCOC(CN2CCCC2C(=O)O)C1. The second-order valence-electron chi connectivity index (χ2n) is 4.75. The van der Waals surface area contributed by atoms with Gasteiger partial charge in [-0.25, -0.2) is 0 Å². The van der Waals surface area contributed by atoms with Crippen LogP contribution in [0.2, 0.25) is 0 Å². The summed E-state index contributed by atoms with van der Waals surface area (Å²) in [6.07, 6.45) is 1.93. The molecule has 2 aliphatic rings. The van der Waals surface area contributed by atoms with Crippen LogP contribution >= 0.6 is 0 Å². The van der Waals surface area contributed by atoms with Gasteiger partial charge < -0.3 is 14.7 Å². The van der Waals surface area contributed by atoms with Crippen LogP contribution in [0.3, 0.4) is 0 Å². The first-order chi connectivity index (χ1) is 7.66. The fourth-order valence-electron chi connectivity index (χ4n) is 2.56. The lowest BCUT2D eigenvalue weighted by atomic mass is 10.2. The van der Waals surface area contributed by atoms with Crippen LogP contribution in [-0.2, 0) is 9.53 Å². The van der Waals surface area contributed by atoms with Gasteiger partial charge in [0.15, 0.2) is 0 Å². The Morgan fingerprint density at radius 1 is 1.50 bits per heavy atom. The summed E-state index contributed by atoms with van der Waals surface area (Å²) in [4.78, 5) is 15.3. The average molecular weight is 228 g/mol. The molecule has 2 aliphatic heterocycles. The molecule has 2 unspecified atom stereocenters. The van der Waals surface area contributed by atoms with E-state index < -0.39 is 5.97 Å². The maximum absolute atomic E-state index is 11.0. The standard InChI is InChI=1S/C11H20N2O3/c1-12-5-6-16-9(7-12)8-13-4-2-3-10(13)11(14)15/h9-10H,2-8H2,1H3,(H,14,15). The van der Waals surface area contributed by atoms with Gasteiger partial charge in [-0.1, -0.05) is 0 Å². The summed E-state index contributed by atoms with van der Waals surface area (Å²) in [5, 5.41) is 9.07. The molecule has 0 aromatic carbocycles. The molecule has 0 aliphatic carbocycles. The predicted octanol–water partition coefficient (Wildman–Crippen LogP) is -0.134. The molecule has 92 valence electrons. The van der Waals surface area contributed by atoms with Crippen LogP contribution in [0.15, 0.2) is 0 Å². The molecule has 0 radical (unpaired) electrons. The smallest absolute Gasteiger partial charge is 0.320 e. The molecule has 0 saturated carbocycles. The first-order valence-electron chi connectivity index (χ1n) is 5.94. The highest BCUT2D eigenvalue weighted by Crippen LogP contribution is 2.19. The highest BCUT2D eigenvalue weighted by Gasteiger charge is 2.32. The van der Waals surface area contributed by atoms with E-state index in [4.69, 9.17) is 9.84 Å². The van der Waals surface area contributed by atoms with Gasteiger partial charge in [0.2, 0.25) is 0 Å². The summed E-state index contributed by atoms with van der Waals surface area (Å²) < 4.78 is 5.66. The second-order valence-corrected chi connectivity index (χ2v) is 4.75. The molecule has 2 rings (SSSR count). The van der Waals surface area contributed by atoms with Crippen molar-refractivity contribution in [2.24, 2.45) is 0 Å². The van der Waals surface area contributed by atoms with Crippen molar-refractivity contribution in [1.29, 1.82) is 0 Å². The van der Waals surface area contributed by atoms with Gasteiger partial charge in [0.1, 0.15) is 6.04 Å². The predicted molar refractivity (Wildman–Crippen MR) is 59.5 cm³/mol. The largest absolute Gasteiger partial charge is 0.480 e. The summed E-state index contributed by atoms with van der Waals surface area (Å²) in [6.45, 7) is 4.27. The number of morpholine rings is 1. The van der Waals surface area contributed by atoms with Crippen LogP contribution < -0.4 is 0 Å². The van der Waals surface area contributed by atoms with Gasteiger partial charge in [-0.2, -0.15) is 0 Å². The molecule has 0 aromatic rings. The van der Waals surface area contributed by atoms with E-state index in [-0.39, 0.29) is 12.1 Å². The van der Waals surface area contributed by atoms with E-state index >= 15 is 0 Å². The quantitative estimate of drug-likeness (QED) is 0.729. The molecule has 0 amide bonds. The number of likely N-dealkylation sites (N-methyl/N-ethyl adjacent to an activating group) is 1. The van der Waals surface area contributed by atoms with Gasteiger partial charge in [0.25, 0.3) is 0 Å². The Hall–Kier alpha value is -0.650. The first-order valence-corrected chi connectivity index (χ1v) is 5.94. The number of likely N-dealkylation sites (tertiary alicyclic amines) is 1. The third kappa shape index (κ3) is 2.72. The van der Waals surface area contributed by atoms with Crippen molar-refractivity contribution in [3.63, 3.8) is 0 Å². The lowest BCUT2D eigenvalue weighted by Crippen LogP contribution is -2.48. The summed E-state index contributed by atoms with van der Waals surface area (Å²) in [5.74, 6) is -0.693. The molecule has 2 atom stereocenters. The average Bonchev–Trinajstić information content (AvgIpc) is 2.66. The Kier molecular flexibility index (Phi) is 3.78. The van der Waals surface area contributed by atoms with Gasteiger partial charge in [0, 0.05) is 19.6 Å². The van der Waals surface area contributed by atoms with Crippen LogP contribution in [0.4, 0.5) is 0 Å². The Bertz CT molecular complexity index is 260. The molecule has 0 spiro atoms. The number of carbonyl (C=O) groups is 1. The number of carboxylic acid groups (broad SMARTS) is 1. The molecule has 0 bridgehead atoms. The number of hydrogen-bond acceptors (Lipinski definition) is 4. The van der Waals surface area contributed by atoms with Crippen LogP contribution in [0, 0.1) is 0 Å². The zero-order valence-electron chi connectivity index (χ0n) is 9.76. The Morgan fingerprint density at radius 3 is 3.00 bits per heavy atom. The minimum Gasteiger partial charge on any atom is -0.480 e. The summed E-state index contributed by atoms with van der Waals surface area (Å²) >= 11 is 0. The number of carboxylic acids is 1. The van der Waals surface area contributed by atoms with Crippen LogP contribution in [0.25, 0.3) is 0 Å². The zero-order valence-corrected chi connectivity index (χ0v) is 9.76. The number of rotatable bonds is 3. The monoisotopic (exact) mass is 228 g/mol. The molecule has 5 nitrogen and oxygen atoms in total. The number of aliphatic carboxylic acids is 1. The number of ether oxygens (including phenoxy) is 1. The van der Waals surface area contributed by atoms with Gasteiger partial charge >= 0.3 is 5.97 Å². The van der Waals surface area contributed by atoms with Gasteiger partial charge in [-0.15, -0.1) is 0 Å². The van der Waals surface area contributed by atoms with E-state index in [1.807, 2.05) is 4.90 Å². The maximum atomic E-state index is 11.0. The third-order valence-electron chi connectivity index (χ3n) is 3.43. The summed E-state index contributed by atoms with van der Waals surface area (Å²) in [6, 6.07) is -0.296. The number of hydrogen-bond donors (Lipinski definition) is 1. The van der Waals surface area contributed by atoms with E-state index in [1.165, 1.54) is 0 Å². The van der Waals surface area contributed by atoms with Crippen molar-refractivity contribution >= 4 is 5.97 Å². The Labute approximate surface area is 96.0 Å². The molecular weight excluding hydrogens is 208 g/mol. The van der Waals surface area contributed by atoms with Crippen molar-refractivity contribution in [2.75, 3.05) is 39.8 Å². The van der Waals surface area contributed by atoms with Crippen molar-refractivity contribution in [2.45, 2.75) is 25.0 Å². The molecule has 2 heterocycles. The fourth-order valence-corrected chi connectivity index (χ4v) is 2.56. The molecule has 1 N–H and O–H groups in total. The summed E-state index contributed by atoms with van der Waals surface area (Å²) in [5.41, 5.74) is 0. The third-order valence-corrected chi connectivity index (χ3v) is 3.43. The van der Waals surface area contributed by atoms with Gasteiger partial charge in [-0.3, -0.25) is 9.69 Å². The molecule has 0 aromatic heterocycles. The molecule has 2 saturated heterocycles. The molecule has 5 heteroatoms. The lowest BCUT2D eigenvalue weighted by Gasteiger charge is -2.33. The molecule has 2 fully saturated rings. The molecular formula is C11H20N2O3. The minimum absolute atomic E-state index is 0.165. The normalized spacial score (nSPS) is 33.1. The summed E-state index contributed by atoms with van der Waals surface area (Å²) in [7, 11) is 2.08. The van der Waals surface area contributed by atoms with Crippen molar-refractivity contribution < 1.29 is 14.6 Å². The van der Waals surface area contributed by atoms with E-state index in [0.717, 1.165) is 45.6 Å². The van der Waals surface area contributed by atoms with Gasteiger partial charge in [-0.05, 0) is 26.4 Å². The van der Waals surface area contributed by atoms with Crippen molar-refractivity contribution in [1.82, 2.24) is 9.80 Å². The maximum Gasteiger partial charge on any atom is 0.320 e. The fraction of sp³-hybridized carbons (Fsp3) is 0.909. The van der Waals surface area contributed by atoms with Crippen LogP contribution in [0.5, 0.6) is 0 Å². The first kappa shape index (κ1) is 11.8. The second kappa shape index (κ2) is 5.12.